The number of aromatic hydroxyl groups is 1. The summed E-state index contributed by atoms with van der Waals surface area (Å²) in [5, 5.41) is 9.57. The molecule has 6 heteroatoms. The number of hydrogen-bond donors (Lipinski definition) is 1. The molecule has 0 radical (unpaired) electrons. The van der Waals surface area contributed by atoms with Crippen molar-refractivity contribution in [2.75, 3.05) is 0 Å². The van der Waals surface area contributed by atoms with Gasteiger partial charge in [0.15, 0.2) is 0 Å². The smallest absolute Gasteiger partial charge is 0.416 e. The molecule has 0 saturated carbocycles. The van der Waals surface area contributed by atoms with Crippen molar-refractivity contribution in [3.8, 4) is 5.75 Å². The molecule has 1 N–H and O–H groups in total. The van der Waals surface area contributed by atoms with E-state index in [1.54, 1.807) is 12.1 Å². The zero-order chi connectivity index (χ0) is 13.2. The Bertz CT molecular complexity index is 540. The van der Waals surface area contributed by atoms with Gasteiger partial charge in [-0.3, -0.25) is 0 Å². The number of benzene rings is 1. The van der Waals surface area contributed by atoms with Crippen LogP contribution in [0.2, 0.25) is 0 Å². The Hall–Kier alpha value is -1.69. The molecular weight excluding hydrogens is 263 g/mol. The third kappa shape index (κ3) is 3.16. The Morgan fingerprint density at radius 3 is 2.50 bits per heavy atom. The minimum absolute atomic E-state index is 0.0170. The molecule has 0 bridgehead atoms. The lowest BCUT2D eigenvalue weighted by molar-refractivity contribution is -0.137. The first-order valence-electron chi connectivity index (χ1n) is 4.95. The lowest BCUT2D eigenvalue weighted by atomic mass is 10.2. The molecule has 2 rings (SSSR count). The minimum atomic E-state index is -4.35. The Kier molecular flexibility index (Phi) is 3.47. The third-order valence-electron chi connectivity index (χ3n) is 2.10. The molecular formula is C12H8F3NOS. The fourth-order valence-corrected chi connectivity index (χ4v) is 2.11. The summed E-state index contributed by atoms with van der Waals surface area (Å²) in [6.07, 6.45) is -3.10. The van der Waals surface area contributed by atoms with Crippen LogP contribution in [-0.2, 0) is 6.18 Å². The van der Waals surface area contributed by atoms with Crippen molar-refractivity contribution >= 4 is 11.8 Å². The lowest BCUT2D eigenvalue weighted by Crippen LogP contribution is -2.04. The van der Waals surface area contributed by atoms with Crippen LogP contribution in [-0.4, -0.2) is 10.1 Å². The maximum absolute atomic E-state index is 12.5. The van der Waals surface area contributed by atoms with Gasteiger partial charge in [-0.2, -0.15) is 13.2 Å². The maximum Gasteiger partial charge on any atom is 0.416 e. The third-order valence-corrected chi connectivity index (χ3v) is 3.04. The van der Waals surface area contributed by atoms with E-state index in [0.717, 1.165) is 23.9 Å². The van der Waals surface area contributed by atoms with Crippen molar-refractivity contribution in [3.63, 3.8) is 0 Å². The van der Waals surface area contributed by atoms with Crippen molar-refractivity contribution < 1.29 is 18.3 Å². The van der Waals surface area contributed by atoms with E-state index in [2.05, 4.69) is 4.98 Å². The van der Waals surface area contributed by atoms with E-state index in [-0.39, 0.29) is 5.75 Å². The SMILES string of the molecule is Oc1ccc(Sc2cccc(C(F)(F)F)c2)nc1. The van der Waals surface area contributed by atoms with Gasteiger partial charge in [0.1, 0.15) is 10.8 Å². The Balaban J connectivity index is 2.22. The summed E-state index contributed by atoms with van der Waals surface area (Å²) in [4.78, 5) is 4.34. The molecule has 0 aliphatic rings. The summed E-state index contributed by atoms with van der Waals surface area (Å²) >= 11 is 1.10. The molecule has 0 unspecified atom stereocenters. The normalized spacial score (nSPS) is 11.5. The highest BCUT2D eigenvalue weighted by Gasteiger charge is 2.30. The van der Waals surface area contributed by atoms with Crippen molar-refractivity contribution in [2.24, 2.45) is 0 Å². The Morgan fingerprint density at radius 2 is 1.89 bits per heavy atom. The van der Waals surface area contributed by atoms with Gasteiger partial charge >= 0.3 is 6.18 Å². The first kappa shape index (κ1) is 12.8. The Labute approximate surface area is 105 Å². The van der Waals surface area contributed by atoms with E-state index >= 15 is 0 Å². The summed E-state index contributed by atoms with van der Waals surface area (Å²) in [7, 11) is 0. The second-order valence-electron chi connectivity index (χ2n) is 3.48. The number of hydrogen-bond acceptors (Lipinski definition) is 3. The summed E-state index contributed by atoms with van der Waals surface area (Å²) in [5.41, 5.74) is -0.689. The maximum atomic E-state index is 12.5. The molecule has 0 amide bonds. The van der Waals surface area contributed by atoms with Crippen LogP contribution in [0.15, 0.2) is 52.5 Å². The van der Waals surface area contributed by atoms with Crippen LogP contribution in [0.3, 0.4) is 0 Å². The average Bonchev–Trinajstić information content (AvgIpc) is 2.31. The molecule has 0 atom stereocenters. The highest BCUT2D eigenvalue weighted by Crippen LogP contribution is 2.33. The molecule has 1 heterocycles. The largest absolute Gasteiger partial charge is 0.506 e. The van der Waals surface area contributed by atoms with Gasteiger partial charge < -0.3 is 5.11 Å². The highest BCUT2D eigenvalue weighted by atomic mass is 32.2. The molecule has 1 aromatic carbocycles. The molecule has 1 aromatic heterocycles. The zero-order valence-electron chi connectivity index (χ0n) is 8.98. The van der Waals surface area contributed by atoms with Crippen LogP contribution >= 0.6 is 11.8 Å². The molecule has 0 aliphatic carbocycles. The van der Waals surface area contributed by atoms with E-state index in [1.807, 2.05) is 0 Å². The van der Waals surface area contributed by atoms with E-state index in [1.165, 1.54) is 18.3 Å². The second-order valence-corrected chi connectivity index (χ2v) is 4.58. The zero-order valence-corrected chi connectivity index (χ0v) is 9.79. The highest BCUT2D eigenvalue weighted by molar-refractivity contribution is 7.99. The number of alkyl halides is 3. The van der Waals surface area contributed by atoms with Gasteiger partial charge in [0.2, 0.25) is 0 Å². The van der Waals surface area contributed by atoms with Gasteiger partial charge in [-0.25, -0.2) is 4.98 Å². The number of nitrogens with zero attached hydrogens (tertiary/aromatic N) is 1. The molecule has 0 fully saturated rings. The molecule has 0 spiro atoms. The van der Waals surface area contributed by atoms with Crippen molar-refractivity contribution in [1.82, 2.24) is 4.98 Å². The van der Waals surface area contributed by atoms with Crippen LogP contribution in [0, 0.1) is 0 Å². The van der Waals surface area contributed by atoms with Crippen LogP contribution < -0.4 is 0 Å². The van der Waals surface area contributed by atoms with Crippen LogP contribution in [0.4, 0.5) is 13.2 Å². The fraction of sp³-hybridized carbons (Fsp3) is 0.0833. The first-order chi connectivity index (χ1) is 8.45. The van der Waals surface area contributed by atoms with Crippen LogP contribution in [0.5, 0.6) is 5.75 Å². The van der Waals surface area contributed by atoms with Crippen LogP contribution in [0.25, 0.3) is 0 Å². The predicted octanol–water partition coefficient (Wildman–Crippen LogP) is 3.96. The summed E-state index contributed by atoms with van der Waals surface area (Å²) < 4.78 is 37.5. The Morgan fingerprint density at radius 1 is 1.11 bits per heavy atom. The standard InChI is InChI=1S/C12H8F3NOS/c13-12(14,15)8-2-1-3-10(6-8)18-11-5-4-9(17)7-16-11/h1-7,17H. The molecule has 94 valence electrons. The van der Waals surface area contributed by atoms with Crippen molar-refractivity contribution in [3.05, 3.63) is 48.2 Å². The molecule has 2 aromatic rings. The topological polar surface area (TPSA) is 33.1 Å². The van der Waals surface area contributed by atoms with Crippen molar-refractivity contribution in [1.29, 1.82) is 0 Å². The van der Waals surface area contributed by atoms with E-state index in [4.69, 9.17) is 5.11 Å². The van der Waals surface area contributed by atoms with Gasteiger partial charge in [0, 0.05) is 4.90 Å². The van der Waals surface area contributed by atoms with Gasteiger partial charge in [0.05, 0.1) is 11.8 Å². The van der Waals surface area contributed by atoms with Gasteiger partial charge in [-0.05, 0) is 30.3 Å². The van der Waals surface area contributed by atoms with E-state index < -0.39 is 11.7 Å². The number of rotatable bonds is 2. The second kappa shape index (κ2) is 4.89. The van der Waals surface area contributed by atoms with Crippen LogP contribution in [0.1, 0.15) is 5.56 Å². The molecule has 0 aliphatic heterocycles. The lowest BCUT2D eigenvalue weighted by Gasteiger charge is -2.08. The summed E-state index contributed by atoms with van der Waals surface area (Å²) in [6, 6.07) is 8.00. The first-order valence-corrected chi connectivity index (χ1v) is 5.77. The van der Waals surface area contributed by atoms with E-state index in [0.29, 0.717) is 9.92 Å². The summed E-state index contributed by atoms with van der Waals surface area (Å²) in [5.74, 6) is 0.0170. The number of halogens is 3. The monoisotopic (exact) mass is 271 g/mol. The molecule has 18 heavy (non-hydrogen) atoms. The van der Waals surface area contributed by atoms with Gasteiger partial charge in [-0.15, -0.1) is 0 Å². The summed E-state index contributed by atoms with van der Waals surface area (Å²) in [6.45, 7) is 0. The van der Waals surface area contributed by atoms with E-state index in [9.17, 15) is 13.2 Å². The van der Waals surface area contributed by atoms with Crippen molar-refractivity contribution in [2.45, 2.75) is 16.1 Å². The van der Waals surface area contributed by atoms with Gasteiger partial charge in [0.25, 0.3) is 0 Å². The molecule has 0 saturated heterocycles. The number of pyridine rings is 1. The predicted molar refractivity (Wildman–Crippen MR) is 61.5 cm³/mol. The minimum Gasteiger partial charge on any atom is -0.506 e. The fourth-order valence-electron chi connectivity index (χ4n) is 1.29. The number of aromatic nitrogens is 1. The van der Waals surface area contributed by atoms with Gasteiger partial charge in [-0.1, -0.05) is 17.8 Å². The average molecular weight is 271 g/mol. The molecule has 2 nitrogen and oxygen atoms in total. The quantitative estimate of drug-likeness (QED) is 0.897.